The van der Waals surface area contributed by atoms with Crippen molar-refractivity contribution >= 4 is 23.0 Å². The fourth-order valence-electron chi connectivity index (χ4n) is 3.45. The van der Waals surface area contributed by atoms with Gasteiger partial charge >= 0.3 is 0 Å². The molecule has 6 heteroatoms. The molecule has 0 aromatic heterocycles. The largest absolute Gasteiger partial charge is 0.412 e. The number of hydrogen-bond acceptors (Lipinski definition) is 4. The molecule has 0 aliphatic carbocycles. The van der Waals surface area contributed by atoms with Crippen LogP contribution in [0.1, 0.15) is 31.9 Å². The van der Waals surface area contributed by atoms with E-state index in [9.17, 15) is 0 Å². The summed E-state index contributed by atoms with van der Waals surface area (Å²) < 4.78 is 0. The minimum absolute atomic E-state index is 0. The van der Waals surface area contributed by atoms with E-state index in [-0.39, 0.29) is 17.7 Å². The molecule has 1 heterocycles. The molecule has 2 aromatic carbocycles. The Morgan fingerprint density at radius 3 is 2.26 bits per heavy atom. The van der Waals surface area contributed by atoms with Gasteiger partial charge in [-0.2, -0.15) is 0 Å². The molecule has 0 saturated heterocycles. The number of anilines is 2. The molecule has 0 fully saturated rings. The van der Waals surface area contributed by atoms with Gasteiger partial charge in [-0.15, -0.1) is 0 Å². The summed E-state index contributed by atoms with van der Waals surface area (Å²) in [4.78, 5) is 2.44. The summed E-state index contributed by atoms with van der Waals surface area (Å²) >= 11 is 6.07. The average Bonchev–Trinajstić information content (AvgIpc) is 2.85. The number of fused-ring (bicyclic) bond motifs is 1. The zero-order valence-corrected chi connectivity index (χ0v) is 16.9. The van der Waals surface area contributed by atoms with Gasteiger partial charge in [0.1, 0.15) is 0 Å². The van der Waals surface area contributed by atoms with Crippen molar-refractivity contribution in [3.63, 3.8) is 0 Å². The first-order valence-corrected chi connectivity index (χ1v) is 9.90. The highest BCUT2D eigenvalue weighted by atomic mass is 35.5. The lowest BCUT2D eigenvalue weighted by Gasteiger charge is -2.25. The second-order valence-corrected chi connectivity index (χ2v) is 7.14. The van der Waals surface area contributed by atoms with Crippen LogP contribution < -0.4 is 16.0 Å². The van der Waals surface area contributed by atoms with Crippen LogP contribution in [0.15, 0.2) is 48.5 Å². The Hall–Kier alpha value is -1.79. The Labute approximate surface area is 167 Å². The molecule has 0 bridgehead atoms. The van der Waals surface area contributed by atoms with Crippen LogP contribution in [0.3, 0.4) is 0 Å². The average molecular weight is 391 g/mol. The summed E-state index contributed by atoms with van der Waals surface area (Å²) in [6.45, 7) is 8.64. The molecule has 0 amide bonds. The summed E-state index contributed by atoms with van der Waals surface area (Å²) in [5, 5.41) is 11.8. The van der Waals surface area contributed by atoms with Crippen LogP contribution >= 0.6 is 11.6 Å². The van der Waals surface area contributed by atoms with E-state index in [1.807, 2.05) is 12.1 Å². The SMILES string of the molecule is CCN(CC)CCNC1CC(c2ccc(Cl)cc2)Nc2ccccc2N1.O. The van der Waals surface area contributed by atoms with E-state index in [4.69, 9.17) is 11.6 Å². The molecule has 0 radical (unpaired) electrons. The van der Waals surface area contributed by atoms with Gasteiger partial charge in [-0.05, 0) is 42.9 Å². The van der Waals surface area contributed by atoms with Crippen molar-refractivity contribution in [2.45, 2.75) is 32.5 Å². The van der Waals surface area contributed by atoms with Gasteiger partial charge in [-0.1, -0.05) is 49.7 Å². The van der Waals surface area contributed by atoms with Crippen LogP contribution in [-0.2, 0) is 0 Å². The van der Waals surface area contributed by atoms with Crippen LogP contribution in [0.25, 0.3) is 0 Å². The Morgan fingerprint density at radius 2 is 1.63 bits per heavy atom. The highest BCUT2D eigenvalue weighted by Gasteiger charge is 2.23. The van der Waals surface area contributed by atoms with Crippen molar-refractivity contribution in [2.75, 3.05) is 36.8 Å². The summed E-state index contributed by atoms with van der Waals surface area (Å²) in [5.41, 5.74) is 3.54. The van der Waals surface area contributed by atoms with Gasteiger partial charge < -0.3 is 21.0 Å². The second-order valence-electron chi connectivity index (χ2n) is 6.71. The van der Waals surface area contributed by atoms with Crippen molar-refractivity contribution < 1.29 is 5.48 Å². The molecule has 1 aliphatic heterocycles. The number of nitrogens with zero attached hydrogens (tertiary/aromatic N) is 1. The number of hydrogen-bond donors (Lipinski definition) is 3. The van der Waals surface area contributed by atoms with E-state index >= 15 is 0 Å². The molecule has 5 N–H and O–H groups in total. The van der Waals surface area contributed by atoms with Crippen molar-refractivity contribution in [2.24, 2.45) is 0 Å². The maximum Gasteiger partial charge on any atom is 0.0792 e. The fourth-order valence-corrected chi connectivity index (χ4v) is 3.58. The van der Waals surface area contributed by atoms with Gasteiger partial charge in [0.05, 0.1) is 23.6 Å². The Morgan fingerprint density at radius 1 is 1.00 bits per heavy atom. The second kappa shape index (κ2) is 10.5. The molecular formula is C21H31ClN4O. The topological polar surface area (TPSA) is 70.8 Å². The Kier molecular flexibility index (Phi) is 8.38. The lowest BCUT2D eigenvalue weighted by atomic mass is 10.0. The molecule has 148 valence electrons. The van der Waals surface area contributed by atoms with E-state index in [0.717, 1.165) is 49.0 Å². The number of halogens is 1. The van der Waals surface area contributed by atoms with Gasteiger partial charge in [-0.25, -0.2) is 0 Å². The maximum atomic E-state index is 6.07. The lowest BCUT2D eigenvalue weighted by Crippen LogP contribution is -2.41. The van der Waals surface area contributed by atoms with Gasteiger partial charge in [0.2, 0.25) is 0 Å². The summed E-state index contributed by atoms with van der Waals surface area (Å²) in [6.07, 6.45) is 1.16. The molecule has 1 aliphatic rings. The van der Waals surface area contributed by atoms with Crippen LogP contribution in [0.2, 0.25) is 5.02 Å². The number of benzene rings is 2. The zero-order valence-electron chi connectivity index (χ0n) is 16.1. The van der Waals surface area contributed by atoms with E-state index < -0.39 is 0 Å². The van der Waals surface area contributed by atoms with Crippen LogP contribution in [0.5, 0.6) is 0 Å². The first-order chi connectivity index (χ1) is 12.7. The number of rotatable bonds is 7. The normalized spacial score (nSPS) is 18.7. The number of likely N-dealkylation sites (N-methyl/N-ethyl adjacent to an activating group) is 1. The highest BCUT2D eigenvalue weighted by Crippen LogP contribution is 2.33. The van der Waals surface area contributed by atoms with Gasteiger partial charge in [0.15, 0.2) is 0 Å². The van der Waals surface area contributed by atoms with Crippen molar-refractivity contribution in [1.29, 1.82) is 0 Å². The third kappa shape index (κ3) is 5.84. The first kappa shape index (κ1) is 21.5. The summed E-state index contributed by atoms with van der Waals surface area (Å²) in [6, 6.07) is 16.8. The smallest absolute Gasteiger partial charge is 0.0792 e. The minimum Gasteiger partial charge on any atom is -0.412 e. The molecule has 3 rings (SSSR count). The van der Waals surface area contributed by atoms with Gasteiger partial charge in [-0.3, -0.25) is 5.32 Å². The zero-order chi connectivity index (χ0) is 18.4. The van der Waals surface area contributed by atoms with Crippen molar-refractivity contribution in [3.05, 3.63) is 59.1 Å². The molecule has 2 unspecified atom stereocenters. The standard InChI is InChI=1S/C21H29ClN4.H2O/c1-3-26(4-2)14-13-23-21-15-20(16-9-11-17(22)12-10-16)24-18-7-5-6-8-19(18)25-21;/h5-12,20-21,23-25H,3-4,13-15H2,1-2H3;1H2. The van der Waals surface area contributed by atoms with Gasteiger partial charge in [0, 0.05) is 24.5 Å². The van der Waals surface area contributed by atoms with E-state index in [0.29, 0.717) is 0 Å². The van der Waals surface area contributed by atoms with Crippen LogP contribution in [0, 0.1) is 0 Å². The fraction of sp³-hybridized carbons (Fsp3) is 0.429. The third-order valence-corrected chi connectivity index (χ3v) is 5.30. The summed E-state index contributed by atoms with van der Waals surface area (Å²) in [7, 11) is 0. The molecule has 5 nitrogen and oxygen atoms in total. The summed E-state index contributed by atoms with van der Waals surface area (Å²) in [5.74, 6) is 0. The third-order valence-electron chi connectivity index (χ3n) is 5.04. The minimum atomic E-state index is 0. The van der Waals surface area contributed by atoms with Crippen molar-refractivity contribution in [1.82, 2.24) is 10.2 Å². The number of para-hydroxylation sites is 2. The van der Waals surface area contributed by atoms with E-state index in [2.05, 4.69) is 71.1 Å². The molecule has 2 atom stereocenters. The predicted molar refractivity (Wildman–Crippen MR) is 116 cm³/mol. The lowest BCUT2D eigenvalue weighted by molar-refractivity contribution is 0.296. The van der Waals surface area contributed by atoms with Gasteiger partial charge in [0.25, 0.3) is 0 Å². The molecule has 27 heavy (non-hydrogen) atoms. The monoisotopic (exact) mass is 390 g/mol. The van der Waals surface area contributed by atoms with Crippen LogP contribution in [-0.4, -0.2) is 42.7 Å². The Bertz CT molecular complexity index is 691. The predicted octanol–water partition coefficient (Wildman–Crippen LogP) is 3.74. The molecule has 2 aromatic rings. The Balaban J connectivity index is 0.00000261. The van der Waals surface area contributed by atoms with Crippen molar-refractivity contribution in [3.8, 4) is 0 Å². The molecular weight excluding hydrogens is 360 g/mol. The maximum absolute atomic E-state index is 6.07. The number of nitrogens with one attached hydrogen (secondary N) is 3. The van der Waals surface area contributed by atoms with Crippen LogP contribution in [0.4, 0.5) is 11.4 Å². The molecule has 0 spiro atoms. The van der Waals surface area contributed by atoms with E-state index in [1.165, 1.54) is 5.56 Å². The quantitative estimate of drug-likeness (QED) is 0.673. The molecule has 0 saturated carbocycles. The van der Waals surface area contributed by atoms with E-state index in [1.54, 1.807) is 0 Å². The first-order valence-electron chi connectivity index (χ1n) is 9.53. The highest BCUT2D eigenvalue weighted by molar-refractivity contribution is 6.30.